The number of rotatable bonds is 1. The fraction of sp³-hybridized carbons (Fsp3) is 0.500. The Kier molecular flexibility index (Phi) is 3.26. The summed E-state index contributed by atoms with van der Waals surface area (Å²) in [6.07, 6.45) is 7.61. The maximum absolute atomic E-state index is 8.85. The van der Waals surface area contributed by atoms with Crippen molar-refractivity contribution < 1.29 is 0 Å². The van der Waals surface area contributed by atoms with E-state index < -0.39 is 0 Å². The average Bonchev–Trinajstić information content (AvgIpc) is 2.42. The molecular weight excluding hydrogens is 260 g/mol. The molecule has 0 amide bonds. The molecule has 0 radical (unpaired) electrons. The third kappa shape index (κ3) is 2.13. The third-order valence-electron chi connectivity index (χ3n) is 4.15. The zero-order chi connectivity index (χ0) is 13.3. The van der Waals surface area contributed by atoms with Crippen molar-refractivity contribution in [2.24, 2.45) is 0 Å². The Hall–Kier alpha value is -1.44. The van der Waals surface area contributed by atoms with Crippen LogP contribution < -0.4 is 16.0 Å². The lowest BCUT2D eigenvalue weighted by molar-refractivity contribution is 0.200. The van der Waals surface area contributed by atoms with Gasteiger partial charge in [0.1, 0.15) is 0 Å². The van der Waals surface area contributed by atoms with Crippen LogP contribution in [0.2, 0.25) is 5.02 Å². The van der Waals surface area contributed by atoms with E-state index in [0.29, 0.717) is 5.02 Å². The number of anilines is 1. The van der Waals surface area contributed by atoms with Gasteiger partial charge in [-0.15, -0.1) is 0 Å². The molecule has 1 saturated carbocycles. The normalized spacial score (nSPS) is 24.1. The first-order valence-electron chi connectivity index (χ1n) is 6.73. The first-order chi connectivity index (χ1) is 9.25. The number of nitriles is 1. The van der Waals surface area contributed by atoms with Crippen molar-refractivity contribution in [1.29, 1.82) is 5.26 Å². The molecule has 1 spiro atoms. The quantitative estimate of drug-likeness (QED) is 0.545. The lowest BCUT2D eigenvalue weighted by Crippen LogP contribution is -2.60. The molecule has 2 aliphatic rings. The number of fused-ring (bicyclic) bond motifs is 2. The van der Waals surface area contributed by atoms with Crippen molar-refractivity contribution in [2.45, 2.75) is 43.9 Å². The Morgan fingerprint density at radius 1 is 1.32 bits per heavy atom. The second kappa shape index (κ2) is 4.92. The average molecular weight is 277 g/mol. The Bertz CT molecular complexity index is 517. The Balaban J connectivity index is 2.05. The minimum atomic E-state index is -0.254. The van der Waals surface area contributed by atoms with Gasteiger partial charge in [-0.3, -0.25) is 10.6 Å². The highest BCUT2D eigenvalue weighted by Crippen LogP contribution is 2.45. The van der Waals surface area contributed by atoms with Crippen LogP contribution in [0.5, 0.6) is 0 Å². The molecule has 1 aromatic carbocycles. The van der Waals surface area contributed by atoms with E-state index in [0.717, 1.165) is 18.5 Å². The van der Waals surface area contributed by atoms with Crippen molar-refractivity contribution in [3.8, 4) is 6.19 Å². The summed E-state index contributed by atoms with van der Waals surface area (Å²) in [5.74, 6) is 0. The molecule has 1 aliphatic heterocycles. The van der Waals surface area contributed by atoms with Crippen LogP contribution in [0.15, 0.2) is 18.2 Å². The smallest absolute Gasteiger partial charge is 0.179 e. The van der Waals surface area contributed by atoms with Gasteiger partial charge in [-0.05, 0) is 24.5 Å². The van der Waals surface area contributed by atoms with Crippen molar-refractivity contribution in [3.05, 3.63) is 28.8 Å². The minimum Gasteiger partial charge on any atom is -0.351 e. The molecule has 3 N–H and O–H groups in total. The summed E-state index contributed by atoms with van der Waals surface area (Å²) < 4.78 is 0. The highest BCUT2D eigenvalue weighted by atomic mass is 35.5. The van der Waals surface area contributed by atoms with Gasteiger partial charge in [0, 0.05) is 5.54 Å². The zero-order valence-corrected chi connectivity index (χ0v) is 11.4. The van der Waals surface area contributed by atoms with Crippen molar-refractivity contribution >= 4 is 17.3 Å². The fourth-order valence-electron chi connectivity index (χ4n) is 3.31. The second-order valence-corrected chi connectivity index (χ2v) is 5.69. The summed E-state index contributed by atoms with van der Waals surface area (Å²) in [6, 6.07) is 6.02. The molecule has 0 saturated heterocycles. The summed E-state index contributed by atoms with van der Waals surface area (Å²) >= 11 is 6.31. The van der Waals surface area contributed by atoms with Crippen LogP contribution in [-0.4, -0.2) is 6.29 Å². The van der Waals surface area contributed by atoms with E-state index >= 15 is 0 Å². The van der Waals surface area contributed by atoms with Crippen molar-refractivity contribution in [3.63, 3.8) is 0 Å². The van der Waals surface area contributed by atoms with Crippen LogP contribution in [0.1, 0.15) is 37.7 Å². The molecule has 19 heavy (non-hydrogen) atoms. The third-order valence-corrected chi connectivity index (χ3v) is 4.47. The van der Waals surface area contributed by atoms with Gasteiger partial charge in [-0.2, -0.15) is 5.26 Å². The van der Waals surface area contributed by atoms with Crippen molar-refractivity contribution in [2.75, 3.05) is 5.32 Å². The Morgan fingerprint density at radius 3 is 2.84 bits per heavy atom. The van der Waals surface area contributed by atoms with Gasteiger partial charge in [0.15, 0.2) is 12.5 Å². The predicted molar refractivity (Wildman–Crippen MR) is 75.5 cm³/mol. The first-order valence-corrected chi connectivity index (χ1v) is 7.11. The lowest BCUT2D eigenvalue weighted by Gasteiger charge is -2.46. The monoisotopic (exact) mass is 276 g/mol. The van der Waals surface area contributed by atoms with E-state index in [2.05, 4.69) is 22.0 Å². The topological polar surface area (TPSA) is 59.9 Å². The van der Waals surface area contributed by atoms with Crippen LogP contribution in [0.25, 0.3) is 0 Å². The molecule has 100 valence electrons. The minimum absolute atomic E-state index is 0.0573. The fourth-order valence-corrected chi connectivity index (χ4v) is 3.54. The highest BCUT2D eigenvalue weighted by Gasteiger charge is 2.41. The number of nitrogens with zero attached hydrogens (tertiary/aromatic N) is 1. The summed E-state index contributed by atoms with van der Waals surface area (Å²) in [4.78, 5) is 0. The van der Waals surface area contributed by atoms with Gasteiger partial charge in [0.25, 0.3) is 0 Å². The second-order valence-electron chi connectivity index (χ2n) is 5.28. The van der Waals surface area contributed by atoms with Crippen LogP contribution >= 0.6 is 11.6 Å². The predicted octanol–water partition coefficient (Wildman–Crippen LogP) is 2.87. The molecule has 1 atom stereocenters. The molecule has 0 aromatic heterocycles. The standard InChI is InChI=1S/C14H17ClN4/c15-11-6-4-5-10-12(11)18-13(17-9-16)19-14(10)7-2-1-3-8-14/h4-6,13,17-19H,1-3,7-8H2. The molecule has 1 fully saturated rings. The van der Waals surface area contributed by atoms with Gasteiger partial charge < -0.3 is 5.32 Å². The van der Waals surface area contributed by atoms with Crippen molar-refractivity contribution in [1.82, 2.24) is 10.6 Å². The largest absolute Gasteiger partial charge is 0.351 e. The molecule has 1 unspecified atom stereocenters. The SMILES string of the molecule is N#CNC1Nc2c(Cl)cccc2C2(CCCCC2)N1. The van der Waals surface area contributed by atoms with E-state index in [1.807, 2.05) is 18.3 Å². The number of para-hydroxylation sites is 1. The maximum atomic E-state index is 8.85. The zero-order valence-electron chi connectivity index (χ0n) is 10.7. The van der Waals surface area contributed by atoms with Crippen LogP contribution in [0, 0.1) is 11.5 Å². The van der Waals surface area contributed by atoms with E-state index in [4.69, 9.17) is 16.9 Å². The van der Waals surface area contributed by atoms with Gasteiger partial charge in [0.05, 0.1) is 10.7 Å². The van der Waals surface area contributed by atoms with E-state index in [1.165, 1.54) is 24.8 Å². The maximum Gasteiger partial charge on any atom is 0.179 e. The Labute approximate surface area is 118 Å². The summed E-state index contributed by atoms with van der Waals surface area (Å²) in [6.45, 7) is 0. The van der Waals surface area contributed by atoms with Gasteiger partial charge in [-0.1, -0.05) is 43.0 Å². The molecule has 5 heteroatoms. The molecule has 1 aromatic rings. The molecule has 1 heterocycles. The van der Waals surface area contributed by atoms with E-state index in [9.17, 15) is 0 Å². The number of halogens is 1. The van der Waals surface area contributed by atoms with Crippen LogP contribution in [0.3, 0.4) is 0 Å². The molecule has 3 rings (SSSR count). The number of benzene rings is 1. The molecule has 4 nitrogen and oxygen atoms in total. The number of nitrogens with one attached hydrogen (secondary N) is 3. The van der Waals surface area contributed by atoms with E-state index in [-0.39, 0.29) is 11.8 Å². The molecular formula is C14H17ClN4. The van der Waals surface area contributed by atoms with E-state index in [1.54, 1.807) is 0 Å². The number of hydrogen-bond donors (Lipinski definition) is 3. The van der Waals surface area contributed by atoms with Gasteiger partial charge in [-0.25, -0.2) is 0 Å². The summed E-state index contributed by atoms with van der Waals surface area (Å²) in [5.41, 5.74) is 2.13. The molecule has 0 bridgehead atoms. The number of hydrogen-bond acceptors (Lipinski definition) is 4. The first kappa shape index (κ1) is 12.6. The van der Waals surface area contributed by atoms with Crippen LogP contribution in [-0.2, 0) is 5.54 Å². The lowest BCUT2D eigenvalue weighted by atomic mass is 9.75. The van der Waals surface area contributed by atoms with Gasteiger partial charge in [0.2, 0.25) is 0 Å². The highest BCUT2D eigenvalue weighted by molar-refractivity contribution is 6.33. The van der Waals surface area contributed by atoms with Gasteiger partial charge >= 0.3 is 0 Å². The Morgan fingerprint density at radius 2 is 2.11 bits per heavy atom. The molecule has 1 aliphatic carbocycles. The summed E-state index contributed by atoms with van der Waals surface area (Å²) in [7, 11) is 0. The summed E-state index contributed by atoms with van der Waals surface area (Å²) in [5, 5.41) is 19.1. The van der Waals surface area contributed by atoms with Crippen LogP contribution in [0.4, 0.5) is 5.69 Å².